The number of nitrogens with one attached hydrogen (secondary N) is 1. The summed E-state index contributed by atoms with van der Waals surface area (Å²) in [4.78, 5) is 16.4. The van der Waals surface area contributed by atoms with Gasteiger partial charge in [0.15, 0.2) is 0 Å². The van der Waals surface area contributed by atoms with Crippen molar-refractivity contribution < 1.29 is 9.18 Å². The highest BCUT2D eigenvalue weighted by Gasteiger charge is 2.09. The Bertz CT molecular complexity index is 835. The van der Waals surface area contributed by atoms with Crippen LogP contribution in [0.4, 0.5) is 10.1 Å². The second-order valence-corrected chi connectivity index (χ2v) is 5.33. The van der Waals surface area contributed by atoms with Gasteiger partial charge in [0.1, 0.15) is 11.5 Å². The number of amides is 1. The highest BCUT2D eigenvalue weighted by Crippen LogP contribution is 2.20. The molecule has 2 aromatic carbocycles. The molecule has 3 aromatic rings. The average Bonchev–Trinajstić information content (AvgIpc) is 2.50. The van der Waals surface area contributed by atoms with Gasteiger partial charge < -0.3 is 5.32 Å². The third-order valence-electron chi connectivity index (χ3n) is 3.01. The van der Waals surface area contributed by atoms with E-state index < -0.39 is 5.82 Å². The van der Waals surface area contributed by atoms with Gasteiger partial charge in [-0.1, -0.05) is 24.3 Å². The number of halogens is 2. The zero-order valence-electron chi connectivity index (χ0n) is 10.8. The lowest BCUT2D eigenvalue weighted by atomic mass is 10.2. The lowest BCUT2D eigenvalue weighted by Crippen LogP contribution is -2.13. The number of rotatable bonds is 2. The van der Waals surface area contributed by atoms with Gasteiger partial charge in [-0.25, -0.2) is 9.37 Å². The minimum absolute atomic E-state index is 0.289. The van der Waals surface area contributed by atoms with Gasteiger partial charge in [0.05, 0.1) is 9.99 Å². The molecule has 0 unspecified atom stereocenters. The largest absolute Gasteiger partial charge is 0.321 e. The number of hydrogen-bond acceptors (Lipinski definition) is 2. The number of carbonyl (C=O) groups excluding carboxylic acids is 1. The predicted octanol–water partition coefficient (Wildman–Crippen LogP) is 4.39. The van der Waals surface area contributed by atoms with E-state index in [4.69, 9.17) is 0 Å². The van der Waals surface area contributed by atoms with E-state index in [1.54, 1.807) is 18.2 Å². The number of pyridine rings is 1. The van der Waals surface area contributed by atoms with Crippen LogP contribution in [-0.4, -0.2) is 10.9 Å². The summed E-state index contributed by atoms with van der Waals surface area (Å²) >= 11 is 3.07. The third-order valence-corrected chi connectivity index (χ3v) is 3.65. The molecule has 1 N–H and O–H groups in total. The molecule has 5 heteroatoms. The predicted molar refractivity (Wildman–Crippen MR) is 83.8 cm³/mol. The van der Waals surface area contributed by atoms with Crippen molar-refractivity contribution in [2.75, 3.05) is 5.32 Å². The minimum Gasteiger partial charge on any atom is -0.321 e. The van der Waals surface area contributed by atoms with Crippen LogP contribution in [0, 0.1) is 5.82 Å². The van der Waals surface area contributed by atoms with Gasteiger partial charge in [-0.15, -0.1) is 0 Å². The van der Waals surface area contributed by atoms with E-state index in [1.807, 2.05) is 30.3 Å². The highest BCUT2D eigenvalue weighted by atomic mass is 79.9. The molecular weight excluding hydrogens is 335 g/mol. The summed E-state index contributed by atoms with van der Waals surface area (Å²) in [6.45, 7) is 0. The normalized spacial score (nSPS) is 10.6. The van der Waals surface area contributed by atoms with Gasteiger partial charge in [-0.3, -0.25) is 4.79 Å². The molecule has 3 nitrogen and oxygen atoms in total. The molecule has 0 aliphatic carbocycles. The van der Waals surface area contributed by atoms with E-state index in [9.17, 15) is 9.18 Å². The van der Waals surface area contributed by atoms with Gasteiger partial charge in [0, 0.05) is 11.1 Å². The summed E-state index contributed by atoms with van der Waals surface area (Å²) in [5, 5.41) is 3.59. The summed E-state index contributed by atoms with van der Waals surface area (Å²) in [7, 11) is 0. The van der Waals surface area contributed by atoms with Crippen molar-refractivity contribution >= 4 is 38.4 Å². The van der Waals surface area contributed by atoms with Crippen LogP contribution in [0.1, 0.15) is 10.5 Å². The molecule has 0 saturated carbocycles. The monoisotopic (exact) mass is 344 g/mol. The molecule has 0 radical (unpaired) electrons. The summed E-state index contributed by atoms with van der Waals surface area (Å²) in [6.07, 6.45) is 0. The fraction of sp³-hybridized carbons (Fsp3) is 0. The first kappa shape index (κ1) is 13.7. The molecule has 1 heterocycles. The van der Waals surface area contributed by atoms with E-state index in [-0.39, 0.29) is 11.6 Å². The van der Waals surface area contributed by atoms with E-state index in [0.717, 1.165) is 10.9 Å². The van der Waals surface area contributed by atoms with Crippen molar-refractivity contribution in [3.8, 4) is 0 Å². The molecule has 0 spiro atoms. The molecule has 0 atom stereocenters. The van der Waals surface area contributed by atoms with Gasteiger partial charge in [0.25, 0.3) is 5.91 Å². The van der Waals surface area contributed by atoms with Crippen molar-refractivity contribution in [1.82, 2.24) is 4.98 Å². The Hall–Kier alpha value is -2.27. The Kier molecular flexibility index (Phi) is 3.66. The molecule has 1 aromatic heterocycles. The second-order valence-electron chi connectivity index (χ2n) is 4.47. The number of carbonyl (C=O) groups is 1. The van der Waals surface area contributed by atoms with Crippen LogP contribution in [0.5, 0.6) is 0 Å². The topological polar surface area (TPSA) is 42.0 Å². The van der Waals surface area contributed by atoms with Crippen molar-refractivity contribution in [2.45, 2.75) is 0 Å². The van der Waals surface area contributed by atoms with Crippen LogP contribution in [0.2, 0.25) is 0 Å². The Morgan fingerprint density at radius 2 is 1.90 bits per heavy atom. The molecule has 0 saturated heterocycles. The van der Waals surface area contributed by atoms with Gasteiger partial charge >= 0.3 is 0 Å². The van der Waals surface area contributed by atoms with E-state index in [0.29, 0.717) is 10.2 Å². The van der Waals surface area contributed by atoms with Gasteiger partial charge in [-0.05, 0) is 46.3 Å². The molecular formula is C16H10BrFN2O. The SMILES string of the molecule is O=C(Nc1ccc(Br)c(F)c1)c1ccc2ccccc2n1. The van der Waals surface area contributed by atoms with Gasteiger partial charge in [-0.2, -0.15) is 0 Å². The van der Waals surface area contributed by atoms with Gasteiger partial charge in [0.2, 0.25) is 0 Å². The van der Waals surface area contributed by atoms with Crippen LogP contribution in [0.25, 0.3) is 10.9 Å². The molecule has 1 amide bonds. The van der Waals surface area contributed by atoms with Crippen LogP contribution in [0.3, 0.4) is 0 Å². The van der Waals surface area contributed by atoms with Crippen LogP contribution < -0.4 is 5.32 Å². The number of anilines is 1. The van der Waals surface area contributed by atoms with Crippen LogP contribution in [0.15, 0.2) is 59.1 Å². The van der Waals surface area contributed by atoms with Crippen molar-refractivity contribution in [3.63, 3.8) is 0 Å². The lowest BCUT2D eigenvalue weighted by molar-refractivity contribution is 0.102. The minimum atomic E-state index is -0.431. The zero-order valence-corrected chi connectivity index (χ0v) is 12.4. The second kappa shape index (κ2) is 5.61. The maximum absolute atomic E-state index is 13.4. The Morgan fingerprint density at radius 1 is 1.10 bits per heavy atom. The summed E-state index contributed by atoms with van der Waals surface area (Å²) in [5.41, 5.74) is 1.42. The summed E-state index contributed by atoms with van der Waals surface area (Å²) < 4.78 is 13.8. The molecule has 104 valence electrons. The summed E-state index contributed by atoms with van der Waals surface area (Å²) in [5.74, 6) is -0.804. The molecule has 0 fully saturated rings. The Labute approximate surface area is 128 Å². The zero-order chi connectivity index (χ0) is 14.8. The fourth-order valence-electron chi connectivity index (χ4n) is 1.96. The van der Waals surface area contributed by atoms with Crippen molar-refractivity contribution in [1.29, 1.82) is 0 Å². The van der Waals surface area contributed by atoms with Crippen molar-refractivity contribution in [3.05, 3.63) is 70.6 Å². The van der Waals surface area contributed by atoms with Crippen LogP contribution in [-0.2, 0) is 0 Å². The highest BCUT2D eigenvalue weighted by molar-refractivity contribution is 9.10. The lowest BCUT2D eigenvalue weighted by Gasteiger charge is -2.06. The van der Waals surface area contributed by atoms with E-state index in [2.05, 4.69) is 26.2 Å². The maximum Gasteiger partial charge on any atom is 0.274 e. The number of aromatic nitrogens is 1. The maximum atomic E-state index is 13.4. The Morgan fingerprint density at radius 3 is 2.71 bits per heavy atom. The standard InChI is InChI=1S/C16H10BrFN2O/c17-12-7-6-11(9-13(12)18)19-16(21)15-8-5-10-3-1-2-4-14(10)20-15/h1-9H,(H,19,21). The fourth-order valence-corrected chi connectivity index (χ4v) is 2.21. The average molecular weight is 345 g/mol. The van der Waals surface area contributed by atoms with Crippen molar-refractivity contribution in [2.24, 2.45) is 0 Å². The molecule has 0 aliphatic heterocycles. The molecule has 3 rings (SSSR count). The number of para-hydroxylation sites is 1. The first-order valence-corrected chi connectivity index (χ1v) is 7.05. The van der Waals surface area contributed by atoms with E-state index >= 15 is 0 Å². The first-order valence-electron chi connectivity index (χ1n) is 6.26. The quantitative estimate of drug-likeness (QED) is 0.749. The van der Waals surface area contributed by atoms with E-state index in [1.165, 1.54) is 6.07 Å². The number of benzene rings is 2. The smallest absolute Gasteiger partial charge is 0.274 e. The number of fused-ring (bicyclic) bond motifs is 1. The third kappa shape index (κ3) is 2.92. The summed E-state index contributed by atoms with van der Waals surface area (Å²) in [6, 6.07) is 15.4. The molecule has 0 bridgehead atoms. The molecule has 0 aliphatic rings. The number of hydrogen-bond donors (Lipinski definition) is 1. The van der Waals surface area contributed by atoms with Crippen LogP contribution >= 0.6 is 15.9 Å². The first-order chi connectivity index (χ1) is 10.1. The molecule has 21 heavy (non-hydrogen) atoms. The Balaban J connectivity index is 1.87. The number of nitrogens with zero attached hydrogens (tertiary/aromatic N) is 1.